The summed E-state index contributed by atoms with van der Waals surface area (Å²) >= 11 is 1.33. The molecule has 1 heterocycles. The molecule has 1 rings (SSSR count). The first-order valence-electron chi connectivity index (χ1n) is 4.65. The minimum Gasteiger partial charge on any atom is -0.367 e. The van der Waals surface area contributed by atoms with Crippen molar-refractivity contribution in [2.45, 2.75) is 19.3 Å². The summed E-state index contributed by atoms with van der Waals surface area (Å²) in [5.41, 5.74) is 0.341. The number of alkyl halides is 4. The molecule has 0 aliphatic rings. The molecule has 7 heteroatoms. The number of ether oxygens (including phenoxy) is 1. The van der Waals surface area contributed by atoms with Crippen molar-refractivity contribution in [1.29, 1.82) is 0 Å². The summed E-state index contributed by atoms with van der Waals surface area (Å²) in [7, 11) is 0. The van der Waals surface area contributed by atoms with Crippen molar-refractivity contribution < 1.29 is 27.1 Å². The van der Waals surface area contributed by atoms with E-state index >= 15 is 0 Å². The van der Waals surface area contributed by atoms with Gasteiger partial charge >= 0.3 is 12.3 Å². The zero-order valence-electron chi connectivity index (χ0n) is 8.88. The Bertz CT molecular complexity index is 389. The van der Waals surface area contributed by atoms with Crippen LogP contribution in [0.1, 0.15) is 15.2 Å². The number of thiophene rings is 1. The summed E-state index contributed by atoms with van der Waals surface area (Å²) in [6.45, 7) is -0.300. The summed E-state index contributed by atoms with van der Waals surface area (Å²) in [5, 5.41) is 1.56. The number of halogens is 4. The number of rotatable bonds is 6. The number of hydrogen-bond acceptors (Lipinski definition) is 3. The maximum atomic E-state index is 12.4. The van der Waals surface area contributed by atoms with E-state index in [0.717, 1.165) is 4.88 Å². The Morgan fingerprint density at radius 2 is 2.18 bits per heavy atom. The maximum Gasteiger partial charge on any atom is 0.330 e. The van der Waals surface area contributed by atoms with Crippen LogP contribution in [0.15, 0.2) is 11.4 Å². The van der Waals surface area contributed by atoms with E-state index in [1.54, 1.807) is 18.4 Å². The molecule has 96 valence electrons. The molecule has 0 radical (unpaired) electrons. The van der Waals surface area contributed by atoms with Crippen molar-refractivity contribution in [2.75, 3.05) is 13.2 Å². The number of carbonyl (C=O) groups excluding carboxylic acids is 1. The second kappa shape index (κ2) is 5.59. The molecular weight excluding hydrogens is 260 g/mol. The van der Waals surface area contributed by atoms with E-state index in [9.17, 15) is 22.4 Å². The van der Waals surface area contributed by atoms with Gasteiger partial charge in [0.25, 0.3) is 0 Å². The number of aryl methyl sites for hydroxylation is 1. The van der Waals surface area contributed by atoms with Gasteiger partial charge in [-0.1, -0.05) is 0 Å². The quantitative estimate of drug-likeness (QED) is 0.586. The molecule has 1 aromatic rings. The topological polar surface area (TPSA) is 26.3 Å². The third-order valence-electron chi connectivity index (χ3n) is 1.90. The zero-order chi connectivity index (χ0) is 13.1. The highest BCUT2D eigenvalue weighted by Crippen LogP contribution is 2.23. The van der Waals surface area contributed by atoms with Gasteiger partial charge < -0.3 is 4.74 Å². The Labute approximate surface area is 99.2 Å². The summed E-state index contributed by atoms with van der Waals surface area (Å²) in [6.07, 6.45) is -3.79. The van der Waals surface area contributed by atoms with Crippen molar-refractivity contribution in [3.8, 4) is 0 Å². The van der Waals surface area contributed by atoms with Gasteiger partial charge in [-0.25, -0.2) is 8.78 Å². The molecule has 0 saturated heterocycles. The first kappa shape index (κ1) is 14.1. The van der Waals surface area contributed by atoms with Gasteiger partial charge in [-0.05, 0) is 13.0 Å². The van der Waals surface area contributed by atoms with Crippen LogP contribution in [0, 0.1) is 6.92 Å². The summed E-state index contributed by atoms with van der Waals surface area (Å²) in [6, 6.07) is 1.58. The number of ketones is 1. The molecule has 0 aromatic carbocycles. The molecule has 17 heavy (non-hydrogen) atoms. The molecule has 0 saturated carbocycles. The number of carbonyl (C=O) groups is 1. The molecule has 0 amide bonds. The number of Topliss-reactive ketones (excluding diaryl/α,β-unsaturated/α-hetero) is 1. The lowest BCUT2D eigenvalue weighted by Crippen LogP contribution is -2.33. The minimum absolute atomic E-state index is 0.341. The monoisotopic (exact) mass is 270 g/mol. The lowest BCUT2D eigenvalue weighted by Gasteiger charge is -2.14. The van der Waals surface area contributed by atoms with E-state index in [0.29, 0.717) is 5.56 Å². The highest BCUT2D eigenvalue weighted by molar-refractivity contribution is 7.10. The lowest BCUT2D eigenvalue weighted by molar-refractivity contribution is -0.163. The van der Waals surface area contributed by atoms with Crippen molar-refractivity contribution in [2.24, 2.45) is 0 Å². The van der Waals surface area contributed by atoms with Crippen molar-refractivity contribution in [3.05, 3.63) is 21.9 Å². The van der Waals surface area contributed by atoms with Crippen LogP contribution in [0.2, 0.25) is 0 Å². The Hall–Kier alpha value is -0.950. The predicted molar refractivity (Wildman–Crippen MR) is 55.2 cm³/mol. The van der Waals surface area contributed by atoms with Crippen LogP contribution in [-0.4, -0.2) is 31.3 Å². The van der Waals surface area contributed by atoms with Gasteiger partial charge in [0.2, 0.25) is 0 Å². The van der Waals surface area contributed by atoms with Gasteiger partial charge in [0.15, 0.2) is 5.78 Å². The van der Waals surface area contributed by atoms with Gasteiger partial charge in [0, 0.05) is 15.8 Å². The first-order chi connectivity index (χ1) is 7.83. The van der Waals surface area contributed by atoms with Gasteiger partial charge in [-0.2, -0.15) is 8.78 Å². The first-order valence-corrected chi connectivity index (χ1v) is 5.53. The highest BCUT2D eigenvalue weighted by atomic mass is 32.1. The zero-order valence-corrected chi connectivity index (χ0v) is 9.70. The van der Waals surface area contributed by atoms with E-state index in [1.165, 1.54) is 11.3 Å². The van der Waals surface area contributed by atoms with Crippen LogP contribution in [0.25, 0.3) is 0 Å². The van der Waals surface area contributed by atoms with E-state index < -0.39 is 31.3 Å². The van der Waals surface area contributed by atoms with E-state index in [2.05, 4.69) is 4.74 Å². The van der Waals surface area contributed by atoms with Gasteiger partial charge in [-0.15, -0.1) is 11.3 Å². The third kappa shape index (κ3) is 4.08. The Kier molecular flexibility index (Phi) is 4.64. The Morgan fingerprint density at radius 3 is 2.65 bits per heavy atom. The van der Waals surface area contributed by atoms with E-state index in [4.69, 9.17) is 0 Å². The molecule has 0 atom stereocenters. The average molecular weight is 270 g/mol. The summed E-state index contributed by atoms with van der Waals surface area (Å²) in [4.78, 5) is 12.3. The largest absolute Gasteiger partial charge is 0.367 e. The van der Waals surface area contributed by atoms with Crippen LogP contribution >= 0.6 is 11.3 Å². The second-order valence-electron chi connectivity index (χ2n) is 3.42. The molecule has 0 bridgehead atoms. The Morgan fingerprint density at radius 1 is 1.53 bits per heavy atom. The van der Waals surface area contributed by atoms with Gasteiger partial charge in [0.05, 0.1) is 0 Å². The Balaban J connectivity index is 2.40. The smallest absolute Gasteiger partial charge is 0.330 e. The molecule has 1 aromatic heterocycles. The normalized spacial score (nSPS) is 12.1. The predicted octanol–water partition coefficient (Wildman–Crippen LogP) is 3.16. The fourth-order valence-corrected chi connectivity index (χ4v) is 1.72. The molecule has 0 fully saturated rings. The maximum absolute atomic E-state index is 12.4. The molecule has 0 unspecified atom stereocenters. The SMILES string of the molecule is Cc1cc(C(=O)COCC(F)(F)C(F)F)cs1. The average Bonchev–Trinajstić information content (AvgIpc) is 2.64. The minimum atomic E-state index is -4.22. The van der Waals surface area contributed by atoms with Crippen molar-refractivity contribution >= 4 is 17.1 Å². The fraction of sp³-hybridized carbons (Fsp3) is 0.500. The van der Waals surface area contributed by atoms with Gasteiger partial charge in [-0.3, -0.25) is 4.79 Å². The van der Waals surface area contributed by atoms with Crippen molar-refractivity contribution in [1.82, 2.24) is 0 Å². The molecule has 2 nitrogen and oxygen atoms in total. The van der Waals surface area contributed by atoms with Gasteiger partial charge in [0.1, 0.15) is 13.2 Å². The fourth-order valence-electron chi connectivity index (χ4n) is 1.02. The van der Waals surface area contributed by atoms with Crippen LogP contribution in [0.3, 0.4) is 0 Å². The van der Waals surface area contributed by atoms with Crippen LogP contribution in [0.5, 0.6) is 0 Å². The third-order valence-corrected chi connectivity index (χ3v) is 2.76. The lowest BCUT2D eigenvalue weighted by atomic mass is 10.2. The molecule has 0 spiro atoms. The molecule has 0 N–H and O–H groups in total. The highest BCUT2D eigenvalue weighted by Gasteiger charge is 2.41. The molecule has 0 aliphatic heterocycles. The summed E-state index contributed by atoms with van der Waals surface area (Å²) < 4.78 is 52.6. The molecule has 0 aliphatic carbocycles. The van der Waals surface area contributed by atoms with Crippen LogP contribution in [-0.2, 0) is 4.74 Å². The number of hydrogen-bond donors (Lipinski definition) is 0. The standard InChI is InChI=1S/C10H10F4O2S/c1-6-2-7(4-17-6)8(15)3-16-5-10(13,14)9(11)12/h2,4,9H,3,5H2,1H3. The van der Waals surface area contributed by atoms with Crippen LogP contribution in [0.4, 0.5) is 17.6 Å². The van der Waals surface area contributed by atoms with E-state index in [1.807, 2.05) is 0 Å². The van der Waals surface area contributed by atoms with E-state index in [-0.39, 0.29) is 0 Å². The van der Waals surface area contributed by atoms with Crippen LogP contribution < -0.4 is 0 Å². The van der Waals surface area contributed by atoms with Crippen molar-refractivity contribution in [3.63, 3.8) is 0 Å². The second-order valence-corrected chi connectivity index (χ2v) is 4.54. The molecular formula is C10H10F4O2S. The summed E-state index contributed by atoms with van der Waals surface area (Å²) in [5.74, 6) is -4.72.